The zero-order valence-corrected chi connectivity index (χ0v) is 32.7. The van der Waals surface area contributed by atoms with E-state index in [1.807, 2.05) is 27.7 Å². The minimum atomic E-state index is -2.11. The summed E-state index contributed by atoms with van der Waals surface area (Å²) in [6, 6.07) is 0. The number of hydrogen-bond donors (Lipinski definition) is 4. The molecule has 6 saturated carbocycles. The highest BCUT2D eigenvalue weighted by Crippen LogP contribution is 2.71. The number of aliphatic hydroxyl groups excluding tert-OH is 4. The molecular formula is C44H57F3O8. The summed E-state index contributed by atoms with van der Waals surface area (Å²) in [7, 11) is 0. The number of ketones is 4. The second kappa shape index (κ2) is 13.1. The maximum Gasteiger partial charge on any atom is 0.178 e. The minimum Gasteiger partial charge on any atom is -0.390 e. The Bertz CT molecular complexity index is 1810. The fraction of sp³-hybridized carbons (Fsp3) is 0.727. The minimum absolute atomic E-state index is 0.0224. The third-order valence-electron chi connectivity index (χ3n) is 17.0. The molecule has 55 heavy (non-hydrogen) atoms. The van der Waals surface area contributed by atoms with Gasteiger partial charge >= 0.3 is 0 Å². The van der Waals surface area contributed by atoms with E-state index in [-0.39, 0.29) is 83.5 Å². The van der Waals surface area contributed by atoms with Gasteiger partial charge in [-0.2, -0.15) is 0 Å². The summed E-state index contributed by atoms with van der Waals surface area (Å²) in [5.74, 6) is -3.26. The molecule has 302 valence electrons. The molecule has 8 aliphatic carbocycles. The van der Waals surface area contributed by atoms with Crippen LogP contribution in [0.5, 0.6) is 0 Å². The van der Waals surface area contributed by atoms with Gasteiger partial charge in [-0.05, 0) is 123 Å². The summed E-state index contributed by atoms with van der Waals surface area (Å²) < 4.78 is 48.8. The normalized spacial score (nSPS) is 51.9. The zero-order valence-electron chi connectivity index (χ0n) is 32.7. The second-order valence-electron chi connectivity index (χ2n) is 19.4. The van der Waals surface area contributed by atoms with E-state index in [0.29, 0.717) is 19.3 Å². The van der Waals surface area contributed by atoms with Gasteiger partial charge in [0.25, 0.3) is 0 Å². The average molecular weight is 771 g/mol. The Hall–Kier alpha value is -2.73. The van der Waals surface area contributed by atoms with Gasteiger partial charge in [-0.1, -0.05) is 45.4 Å². The Morgan fingerprint density at radius 2 is 1.16 bits per heavy atom. The molecule has 0 radical (unpaired) electrons. The van der Waals surface area contributed by atoms with E-state index in [1.54, 1.807) is 19.9 Å². The Labute approximate surface area is 321 Å². The molecule has 0 aromatic rings. The number of hydrogen-bond acceptors (Lipinski definition) is 8. The van der Waals surface area contributed by atoms with E-state index in [4.69, 9.17) is 0 Å². The van der Waals surface area contributed by atoms with Crippen molar-refractivity contribution in [3.05, 3.63) is 47.6 Å². The van der Waals surface area contributed by atoms with Gasteiger partial charge in [0.05, 0.1) is 12.2 Å². The smallest absolute Gasteiger partial charge is 0.178 e. The highest BCUT2D eigenvalue weighted by atomic mass is 19.2. The Morgan fingerprint density at radius 3 is 1.67 bits per heavy atom. The summed E-state index contributed by atoms with van der Waals surface area (Å²) >= 11 is 0. The molecule has 0 aliphatic heterocycles. The summed E-state index contributed by atoms with van der Waals surface area (Å²) in [5.41, 5.74) is -6.68. The zero-order chi connectivity index (χ0) is 40.4. The first-order valence-corrected chi connectivity index (χ1v) is 20.1. The molecule has 6 fully saturated rings. The number of carbonyl (C=O) groups is 4. The Balaban J connectivity index is 0.000000169. The first-order chi connectivity index (χ1) is 25.6. The van der Waals surface area contributed by atoms with Crippen LogP contribution in [0.15, 0.2) is 47.6 Å². The van der Waals surface area contributed by atoms with Crippen molar-refractivity contribution in [2.45, 2.75) is 116 Å². The predicted octanol–water partition coefficient (Wildman–Crippen LogP) is 5.51. The maximum atomic E-state index is 16.8. The van der Waals surface area contributed by atoms with Crippen LogP contribution in [0, 0.1) is 69.0 Å². The maximum absolute atomic E-state index is 16.8. The predicted molar refractivity (Wildman–Crippen MR) is 197 cm³/mol. The third kappa shape index (κ3) is 5.23. The molecule has 17 atom stereocenters. The highest BCUT2D eigenvalue weighted by Gasteiger charge is 2.74. The lowest BCUT2D eigenvalue weighted by molar-refractivity contribution is -0.202. The van der Waals surface area contributed by atoms with Gasteiger partial charge in [0, 0.05) is 34.5 Å². The summed E-state index contributed by atoms with van der Waals surface area (Å²) in [5, 5.41) is 41.1. The summed E-state index contributed by atoms with van der Waals surface area (Å²) in [4.78, 5) is 48.6. The van der Waals surface area contributed by atoms with E-state index in [2.05, 4.69) is 0 Å². The number of alkyl halides is 3. The number of fused-ring (bicyclic) bond motifs is 10. The largest absolute Gasteiger partial charge is 0.390 e. The van der Waals surface area contributed by atoms with Crippen LogP contribution in [0.2, 0.25) is 0 Å². The lowest BCUT2D eigenvalue weighted by Crippen LogP contribution is -2.68. The fourth-order valence-corrected chi connectivity index (χ4v) is 14.7. The van der Waals surface area contributed by atoms with Crippen molar-refractivity contribution >= 4 is 23.1 Å². The molecule has 4 N–H and O–H groups in total. The van der Waals surface area contributed by atoms with Crippen LogP contribution in [0.3, 0.4) is 0 Å². The molecule has 0 saturated heterocycles. The topological polar surface area (TPSA) is 149 Å². The molecule has 0 unspecified atom stereocenters. The summed E-state index contributed by atoms with van der Waals surface area (Å²) in [6.07, 6.45) is 7.06. The number of Topliss-reactive ketones (excluding diaryl/α,β-unsaturated/α-hetero) is 2. The quantitative estimate of drug-likeness (QED) is 0.293. The third-order valence-corrected chi connectivity index (χ3v) is 17.0. The van der Waals surface area contributed by atoms with Gasteiger partial charge in [0.15, 0.2) is 34.5 Å². The van der Waals surface area contributed by atoms with Crippen molar-refractivity contribution in [2.24, 2.45) is 69.0 Å². The van der Waals surface area contributed by atoms with Crippen molar-refractivity contribution in [3.8, 4) is 0 Å². The van der Waals surface area contributed by atoms with Crippen LogP contribution >= 0.6 is 0 Å². The molecule has 8 nitrogen and oxygen atoms in total. The van der Waals surface area contributed by atoms with Gasteiger partial charge in [-0.3, -0.25) is 19.2 Å². The first-order valence-electron chi connectivity index (χ1n) is 20.1. The highest BCUT2D eigenvalue weighted by molar-refractivity contribution is 6.02. The first kappa shape index (κ1) is 40.5. The van der Waals surface area contributed by atoms with E-state index in [1.165, 1.54) is 30.4 Å². The van der Waals surface area contributed by atoms with Crippen LogP contribution in [0.25, 0.3) is 0 Å². The molecular weight excluding hydrogens is 713 g/mol. The van der Waals surface area contributed by atoms with Crippen LogP contribution in [0.1, 0.15) is 86.5 Å². The number of rotatable bonds is 4. The number of carbonyl (C=O) groups excluding carboxylic acids is 4. The van der Waals surface area contributed by atoms with Crippen molar-refractivity contribution in [1.29, 1.82) is 0 Å². The van der Waals surface area contributed by atoms with Gasteiger partial charge in [-0.15, -0.1) is 0 Å². The van der Waals surface area contributed by atoms with E-state index < -0.39 is 76.4 Å². The van der Waals surface area contributed by atoms with Crippen LogP contribution in [0.4, 0.5) is 13.2 Å². The molecule has 0 aromatic carbocycles. The van der Waals surface area contributed by atoms with Crippen LogP contribution in [-0.4, -0.2) is 86.5 Å². The van der Waals surface area contributed by atoms with E-state index in [9.17, 15) is 39.6 Å². The van der Waals surface area contributed by atoms with Crippen molar-refractivity contribution in [3.63, 3.8) is 0 Å². The molecule has 0 bridgehead atoms. The molecule has 8 rings (SSSR count). The van der Waals surface area contributed by atoms with Gasteiger partial charge in [-0.25, -0.2) is 13.2 Å². The summed E-state index contributed by atoms with van der Waals surface area (Å²) in [6.45, 7) is 10.1. The number of allylic oxidation sites excluding steroid dienone is 8. The molecule has 0 spiro atoms. The van der Waals surface area contributed by atoms with Gasteiger partial charge in [0.2, 0.25) is 0 Å². The standard InChI is InChI=1S/C22H28F2O4.C22H29FO4/c1-11-6-13-14-8-16(23)15-7-12(26)4-5-21(15,3)22(14,24)18(28)9-20(13,2)19(11)17(27)10-25;1-12-8-16-15-5-4-13-9-14(25)6-7-21(13,3)22(15,23)18(27)10-20(16,2)19(12)17(26)11-24/h4-5,7,11,13-14,16,18-19,25,28H,6,8-10H2,1-3H3;6-7,9,12,15-16,18-19,24,27H,4-5,8,10-11H2,1-3H3/t11-,13+,14+,16+,18+,19-,20+,21+,22+;12-,15+,16+,18+,19-,20+,21+,22+/m11/s1. The molecule has 8 aliphatic rings. The SMILES string of the molecule is C[C@@H]1C[C@H]2[C@@H]3CCC4=CC(=O)C=C[C@]4(C)[C@@]3(F)[C@@H](O)C[C@]2(C)[C@H]1C(=O)CO.C[C@@H]1C[C@H]2[C@@H]3C[C@H](F)C4=CC(=O)C=C[C@]4(C)[C@@]3(F)[C@@H](O)C[C@]2(C)[C@H]1C(=O)CO. The monoisotopic (exact) mass is 770 g/mol. The second-order valence-corrected chi connectivity index (χ2v) is 19.4. The number of halogens is 3. The van der Waals surface area contributed by atoms with E-state index >= 15 is 13.2 Å². The van der Waals surface area contributed by atoms with E-state index in [0.717, 1.165) is 12.0 Å². The van der Waals surface area contributed by atoms with Crippen LogP contribution < -0.4 is 0 Å². The fourth-order valence-electron chi connectivity index (χ4n) is 14.7. The molecule has 0 aromatic heterocycles. The van der Waals surface area contributed by atoms with Crippen molar-refractivity contribution in [1.82, 2.24) is 0 Å². The average Bonchev–Trinajstić information content (AvgIpc) is 3.54. The Kier molecular flexibility index (Phi) is 9.67. The molecule has 0 amide bonds. The van der Waals surface area contributed by atoms with Crippen molar-refractivity contribution < 1.29 is 52.8 Å². The lowest BCUT2D eigenvalue weighted by Gasteiger charge is -2.62. The van der Waals surface area contributed by atoms with Gasteiger partial charge in [0.1, 0.15) is 19.4 Å². The van der Waals surface area contributed by atoms with Gasteiger partial charge < -0.3 is 20.4 Å². The number of aliphatic hydroxyl groups is 4. The van der Waals surface area contributed by atoms with Crippen LogP contribution in [-0.2, 0) is 19.2 Å². The van der Waals surface area contributed by atoms with Crippen molar-refractivity contribution in [2.75, 3.05) is 13.2 Å². The molecule has 11 heteroatoms. The lowest BCUT2D eigenvalue weighted by atomic mass is 9.45. The molecule has 0 heterocycles. The Morgan fingerprint density at radius 1 is 0.709 bits per heavy atom.